The summed E-state index contributed by atoms with van der Waals surface area (Å²) in [6, 6.07) is 5.40. The fourth-order valence-electron chi connectivity index (χ4n) is 1.51. The van der Waals surface area contributed by atoms with Crippen molar-refractivity contribution in [2.24, 2.45) is 0 Å². The Hall–Kier alpha value is -1.06. The second kappa shape index (κ2) is 3.83. The minimum atomic E-state index is -0.673. The number of fused-ring (bicyclic) bond motifs is 1. The predicted octanol–water partition coefficient (Wildman–Crippen LogP) is 2.80. The van der Waals surface area contributed by atoms with Gasteiger partial charge >= 0.3 is 0 Å². The van der Waals surface area contributed by atoms with E-state index in [0.29, 0.717) is 5.89 Å². The Morgan fingerprint density at radius 3 is 2.87 bits per heavy atom. The van der Waals surface area contributed by atoms with Gasteiger partial charge in [0.15, 0.2) is 11.5 Å². The van der Waals surface area contributed by atoms with Crippen molar-refractivity contribution in [2.75, 3.05) is 0 Å². The topological polar surface area (TPSA) is 46.3 Å². The molecule has 0 spiro atoms. The molecular formula is C11H12ClNO2. The van der Waals surface area contributed by atoms with Crippen molar-refractivity contribution >= 4 is 22.7 Å². The van der Waals surface area contributed by atoms with Crippen molar-refractivity contribution in [1.82, 2.24) is 4.98 Å². The Kier molecular flexibility index (Phi) is 2.67. The molecule has 0 fully saturated rings. The van der Waals surface area contributed by atoms with Crippen LogP contribution in [0.4, 0.5) is 0 Å². The van der Waals surface area contributed by atoms with Crippen LogP contribution in [0.15, 0.2) is 22.6 Å². The molecular weight excluding hydrogens is 214 g/mol. The van der Waals surface area contributed by atoms with Gasteiger partial charge in [-0.15, -0.1) is 11.6 Å². The Morgan fingerprint density at radius 1 is 1.47 bits per heavy atom. The van der Waals surface area contributed by atoms with Crippen molar-refractivity contribution in [3.63, 3.8) is 0 Å². The highest BCUT2D eigenvalue weighted by Crippen LogP contribution is 2.24. The van der Waals surface area contributed by atoms with Crippen LogP contribution in [0.25, 0.3) is 11.1 Å². The summed E-state index contributed by atoms with van der Waals surface area (Å²) >= 11 is 5.83. The summed E-state index contributed by atoms with van der Waals surface area (Å²) in [6.07, 6.45) is -0.673. The highest BCUT2D eigenvalue weighted by Gasteiger charge is 2.15. The largest absolute Gasteiger partial charge is 0.441 e. The standard InChI is InChI=1S/C11H12ClNO2/c1-6(12)11(14)8-3-4-10-9(5-8)13-7(2)15-10/h3-6,11,14H,1-2H3. The minimum Gasteiger partial charge on any atom is -0.441 e. The van der Waals surface area contributed by atoms with Crippen LogP contribution in [0.3, 0.4) is 0 Å². The van der Waals surface area contributed by atoms with Gasteiger partial charge < -0.3 is 9.52 Å². The van der Waals surface area contributed by atoms with Gasteiger partial charge in [-0.25, -0.2) is 4.98 Å². The first-order chi connectivity index (χ1) is 7.08. The van der Waals surface area contributed by atoms with Crippen LogP contribution < -0.4 is 0 Å². The highest BCUT2D eigenvalue weighted by molar-refractivity contribution is 6.20. The first kappa shape index (κ1) is 10.5. The van der Waals surface area contributed by atoms with E-state index in [9.17, 15) is 5.11 Å². The van der Waals surface area contributed by atoms with Gasteiger partial charge in [0.05, 0.1) is 11.5 Å². The number of rotatable bonds is 2. The van der Waals surface area contributed by atoms with Gasteiger partial charge in [-0.2, -0.15) is 0 Å². The lowest BCUT2D eigenvalue weighted by atomic mass is 10.1. The molecule has 1 heterocycles. The van der Waals surface area contributed by atoms with E-state index in [4.69, 9.17) is 16.0 Å². The van der Waals surface area contributed by atoms with Gasteiger partial charge in [0.1, 0.15) is 5.52 Å². The summed E-state index contributed by atoms with van der Waals surface area (Å²) in [6.45, 7) is 3.55. The highest BCUT2D eigenvalue weighted by atomic mass is 35.5. The third-order valence-corrected chi connectivity index (χ3v) is 2.53. The van der Waals surface area contributed by atoms with E-state index in [2.05, 4.69) is 4.98 Å². The van der Waals surface area contributed by atoms with Gasteiger partial charge in [0, 0.05) is 6.92 Å². The number of halogens is 1. The van der Waals surface area contributed by atoms with Crippen LogP contribution in [0.5, 0.6) is 0 Å². The van der Waals surface area contributed by atoms with Crippen LogP contribution in [0.2, 0.25) is 0 Å². The summed E-state index contributed by atoms with van der Waals surface area (Å²) in [4.78, 5) is 4.19. The van der Waals surface area contributed by atoms with E-state index >= 15 is 0 Å². The molecule has 0 aliphatic rings. The van der Waals surface area contributed by atoms with Crippen LogP contribution >= 0.6 is 11.6 Å². The number of hydrogen-bond donors (Lipinski definition) is 1. The first-order valence-corrected chi connectivity index (χ1v) is 5.21. The molecule has 0 saturated carbocycles. The smallest absolute Gasteiger partial charge is 0.192 e. The van der Waals surface area contributed by atoms with Crippen molar-refractivity contribution in [1.29, 1.82) is 0 Å². The molecule has 1 N–H and O–H groups in total. The average Bonchev–Trinajstić information content (AvgIpc) is 2.55. The Bertz CT molecular complexity index is 478. The second-order valence-corrected chi connectivity index (χ2v) is 4.27. The lowest BCUT2D eigenvalue weighted by molar-refractivity contribution is 0.177. The van der Waals surface area contributed by atoms with Crippen LogP contribution in [-0.2, 0) is 0 Å². The quantitative estimate of drug-likeness (QED) is 0.800. The molecule has 2 rings (SSSR count). The number of benzene rings is 1. The summed E-state index contributed by atoms with van der Waals surface area (Å²) in [7, 11) is 0. The molecule has 15 heavy (non-hydrogen) atoms. The Labute approximate surface area is 92.7 Å². The number of aromatic nitrogens is 1. The molecule has 0 aliphatic heterocycles. The van der Waals surface area contributed by atoms with Gasteiger partial charge in [-0.1, -0.05) is 6.07 Å². The van der Waals surface area contributed by atoms with Gasteiger partial charge in [-0.05, 0) is 24.6 Å². The molecule has 3 nitrogen and oxygen atoms in total. The maximum absolute atomic E-state index is 9.77. The van der Waals surface area contributed by atoms with Crippen LogP contribution in [-0.4, -0.2) is 15.5 Å². The van der Waals surface area contributed by atoms with Crippen LogP contribution in [0.1, 0.15) is 24.5 Å². The normalized spacial score (nSPS) is 15.5. The zero-order valence-electron chi connectivity index (χ0n) is 8.57. The molecule has 0 bridgehead atoms. The zero-order chi connectivity index (χ0) is 11.0. The van der Waals surface area contributed by atoms with E-state index in [0.717, 1.165) is 16.7 Å². The van der Waals surface area contributed by atoms with E-state index in [-0.39, 0.29) is 5.38 Å². The molecule has 1 aromatic heterocycles. The predicted molar refractivity (Wildman–Crippen MR) is 59.0 cm³/mol. The maximum Gasteiger partial charge on any atom is 0.192 e. The van der Waals surface area contributed by atoms with Crippen molar-refractivity contribution < 1.29 is 9.52 Å². The second-order valence-electron chi connectivity index (χ2n) is 3.58. The lowest BCUT2D eigenvalue weighted by Gasteiger charge is -2.12. The fourth-order valence-corrected chi connectivity index (χ4v) is 1.65. The zero-order valence-corrected chi connectivity index (χ0v) is 9.32. The molecule has 0 radical (unpaired) electrons. The maximum atomic E-state index is 9.77. The first-order valence-electron chi connectivity index (χ1n) is 4.77. The molecule has 1 aromatic carbocycles. The number of aryl methyl sites for hydroxylation is 1. The molecule has 2 aromatic rings. The van der Waals surface area contributed by atoms with E-state index < -0.39 is 6.10 Å². The molecule has 0 amide bonds. The number of nitrogens with zero attached hydrogens (tertiary/aromatic N) is 1. The van der Waals surface area contributed by atoms with Crippen LogP contribution in [0, 0.1) is 6.92 Å². The van der Waals surface area contributed by atoms with Gasteiger partial charge in [-0.3, -0.25) is 0 Å². The van der Waals surface area contributed by atoms with E-state index in [1.54, 1.807) is 32.0 Å². The van der Waals surface area contributed by atoms with Crippen molar-refractivity contribution in [3.05, 3.63) is 29.7 Å². The van der Waals surface area contributed by atoms with E-state index in [1.165, 1.54) is 0 Å². The lowest BCUT2D eigenvalue weighted by Crippen LogP contribution is -2.07. The summed E-state index contributed by atoms with van der Waals surface area (Å²) < 4.78 is 5.34. The summed E-state index contributed by atoms with van der Waals surface area (Å²) in [5.74, 6) is 0.621. The number of alkyl halides is 1. The van der Waals surface area contributed by atoms with Crippen molar-refractivity contribution in [2.45, 2.75) is 25.3 Å². The number of oxazole rings is 1. The minimum absolute atomic E-state index is 0.324. The summed E-state index contributed by atoms with van der Waals surface area (Å²) in [5.41, 5.74) is 2.24. The SMILES string of the molecule is Cc1nc2cc(C(O)C(C)Cl)ccc2o1. The van der Waals surface area contributed by atoms with Gasteiger partial charge in [0.25, 0.3) is 0 Å². The fraction of sp³-hybridized carbons (Fsp3) is 0.364. The molecule has 2 unspecified atom stereocenters. The number of aliphatic hydroxyl groups is 1. The summed E-state index contributed by atoms with van der Waals surface area (Å²) in [5, 5.41) is 9.45. The van der Waals surface area contributed by atoms with Crippen molar-refractivity contribution in [3.8, 4) is 0 Å². The molecule has 4 heteroatoms. The Balaban J connectivity index is 2.46. The molecule has 0 saturated heterocycles. The third-order valence-electron chi connectivity index (χ3n) is 2.30. The monoisotopic (exact) mass is 225 g/mol. The molecule has 80 valence electrons. The molecule has 2 atom stereocenters. The average molecular weight is 226 g/mol. The van der Waals surface area contributed by atoms with E-state index in [1.807, 2.05) is 0 Å². The Morgan fingerprint density at radius 2 is 2.20 bits per heavy atom. The number of hydrogen-bond acceptors (Lipinski definition) is 3. The van der Waals surface area contributed by atoms with Gasteiger partial charge in [0.2, 0.25) is 0 Å². The number of aliphatic hydroxyl groups excluding tert-OH is 1. The molecule has 0 aliphatic carbocycles. The third kappa shape index (κ3) is 1.98.